The number of alkyl halides is 3. The first kappa shape index (κ1) is 19.1. The summed E-state index contributed by atoms with van der Waals surface area (Å²) >= 11 is 0. The number of nitrogens with one attached hydrogen (secondary N) is 1. The van der Waals surface area contributed by atoms with Crippen molar-refractivity contribution in [1.82, 2.24) is 14.9 Å². The van der Waals surface area contributed by atoms with Gasteiger partial charge in [0.15, 0.2) is 0 Å². The van der Waals surface area contributed by atoms with Crippen LogP contribution in [0.5, 0.6) is 0 Å². The first-order valence-corrected chi connectivity index (χ1v) is 8.89. The molecule has 2 heterocycles. The summed E-state index contributed by atoms with van der Waals surface area (Å²) in [6.45, 7) is 3.64. The predicted octanol–water partition coefficient (Wildman–Crippen LogP) is 3.93. The van der Waals surface area contributed by atoms with Gasteiger partial charge in [-0.25, -0.2) is 9.97 Å². The zero-order chi connectivity index (χ0) is 19.3. The van der Waals surface area contributed by atoms with Crippen molar-refractivity contribution in [1.29, 1.82) is 5.26 Å². The molecule has 142 valence electrons. The molecule has 8 heteroatoms. The molecule has 0 saturated carbocycles. The molecule has 2 aromatic rings. The van der Waals surface area contributed by atoms with Crippen LogP contribution in [0, 0.1) is 11.3 Å². The van der Waals surface area contributed by atoms with Crippen LogP contribution in [-0.2, 0) is 6.18 Å². The Morgan fingerprint density at radius 3 is 2.59 bits per heavy atom. The number of halogens is 3. The summed E-state index contributed by atoms with van der Waals surface area (Å²) in [6, 6.07) is 8.35. The van der Waals surface area contributed by atoms with Crippen LogP contribution in [0.1, 0.15) is 30.7 Å². The van der Waals surface area contributed by atoms with Gasteiger partial charge in [0.25, 0.3) is 0 Å². The summed E-state index contributed by atoms with van der Waals surface area (Å²) in [5.74, 6) is 0.358. The Kier molecular flexibility index (Phi) is 5.91. The lowest BCUT2D eigenvalue weighted by molar-refractivity contribution is -0.137. The van der Waals surface area contributed by atoms with Crippen molar-refractivity contribution in [3.63, 3.8) is 0 Å². The molecule has 0 atom stereocenters. The highest BCUT2D eigenvalue weighted by Crippen LogP contribution is 2.32. The molecule has 1 saturated heterocycles. The van der Waals surface area contributed by atoms with Crippen molar-refractivity contribution in [3.05, 3.63) is 41.7 Å². The van der Waals surface area contributed by atoms with Crippen LogP contribution in [0.25, 0.3) is 11.3 Å². The van der Waals surface area contributed by atoms with E-state index in [2.05, 4.69) is 20.2 Å². The van der Waals surface area contributed by atoms with E-state index in [0.717, 1.165) is 31.8 Å². The maximum atomic E-state index is 12.9. The number of aromatic nitrogens is 2. The third kappa shape index (κ3) is 5.17. The molecule has 5 nitrogen and oxygen atoms in total. The molecule has 0 aliphatic carbocycles. The van der Waals surface area contributed by atoms with Gasteiger partial charge in [0.1, 0.15) is 11.9 Å². The van der Waals surface area contributed by atoms with Crippen LogP contribution >= 0.6 is 0 Å². The van der Waals surface area contributed by atoms with Crippen molar-refractivity contribution in [2.24, 2.45) is 0 Å². The normalized spacial score (nSPS) is 15.3. The van der Waals surface area contributed by atoms with E-state index in [0.29, 0.717) is 17.9 Å². The van der Waals surface area contributed by atoms with E-state index < -0.39 is 11.7 Å². The SMILES string of the molecule is N#Cc1nc(NCCN2CCCCC2)cc(-c2cccc(C(F)(F)F)c2)n1. The molecule has 1 aliphatic rings. The van der Waals surface area contributed by atoms with Crippen LogP contribution in [0.2, 0.25) is 0 Å². The van der Waals surface area contributed by atoms with Gasteiger partial charge < -0.3 is 10.2 Å². The van der Waals surface area contributed by atoms with Crippen molar-refractivity contribution in [2.45, 2.75) is 25.4 Å². The quantitative estimate of drug-likeness (QED) is 0.858. The standard InChI is InChI=1S/C19H20F3N5/c20-19(21,22)15-6-4-5-14(11-15)16-12-17(26-18(13-23)25-16)24-7-10-27-8-2-1-3-9-27/h4-6,11-12H,1-3,7-10H2,(H,24,25,26). The van der Waals surface area contributed by atoms with E-state index in [1.54, 1.807) is 6.07 Å². The van der Waals surface area contributed by atoms with Crippen LogP contribution in [0.3, 0.4) is 0 Å². The van der Waals surface area contributed by atoms with E-state index in [1.165, 1.54) is 31.4 Å². The Balaban J connectivity index is 1.76. The van der Waals surface area contributed by atoms with Gasteiger partial charge in [-0.15, -0.1) is 0 Å². The van der Waals surface area contributed by atoms with E-state index in [9.17, 15) is 13.2 Å². The van der Waals surface area contributed by atoms with Gasteiger partial charge in [0.2, 0.25) is 5.82 Å². The summed E-state index contributed by atoms with van der Waals surface area (Å²) in [6.07, 6.45) is -0.768. The van der Waals surface area contributed by atoms with Gasteiger partial charge in [-0.3, -0.25) is 0 Å². The highest BCUT2D eigenvalue weighted by molar-refractivity contribution is 5.64. The van der Waals surface area contributed by atoms with Crippen LogP contribution in [-0.4, -0.2) is 41.0 Å². The van der Waals surface area contributed by atoms with Gasteiger partial charge in [0.05, 0.1) is 11.3 Å². The Morgan fingerprint density at radius 2 is 1.89 bits per heavy atom. The minimum atomic E-state index is -4.43. The lowest BCUT2D eigenvalue weighted by Crippen LogP contribution is -2.33. The summed E-state index contributed by atoms with van der Waals surface area (Å²) in [5, 5.41) is 12.3. The number of nitrogens with zero attached hydrogens (tertiary/aromatic N) is 4. The van der Waals surface area contributed by atoms with E-state index in [4.69, 9.17) is 5.26 Å². The Labute approximate surface area is 155 Å². The second kappa shape index (κ2) is 8.35. The first-order chi connectivity index (χ1) is 13.0. The summed E-state index contributed by atoms with van der Waals surface area (Å²) < 4.78 is 38.8. The average Bonchev–Trinajstić information content (AvgIpc) is 2.68. The highest BCUT2D eigenvalue weighted by atomic mass is 19.4. The molecule has 0 unspecified atom stereocenters. The second-order valence-electron chi connectivity index (χ2n) is 6.48. The van der Waals surface area contributed by atoms with Crippen molar-refractivity contribution in [2.75, 3.05) is 31.5 Å². The zero-order valence-electron chi connectivity index (χ0n) is 14.8. The van der Waals surface area contributed by atoms with E-state index in [-0.39, 0.29) is 11.5 Å². The molecule has 3 rings (SSSR count). The maximum absolute atomic E-state index is 12.9. The molecule has 1 N–H and O–H groups in total. The van der Waals surface area contributed by atoms with Gasteiger partial charge in [-0.05, 0) is 38.1 Å². The number of hydrogen-bond donors (Lipinski definition) is 1. The maximum Gasteiger partial charge on any atom is 0.416 e. The molecule has 0 spiro atoms. The number of benzene rings is 1. The average molecular weight is 375 g/mol. The van der Waals surface area contributed by atoms with Gasteiger partial charge >= 0.3 is 6.18 Å². The summed E-state index contributed by atoms with van der Waals surface area (Å²) in [4.78, 5) is 10.5. The summed E-state index contributed by atoms with van der Waals surface area (Å²) in [5.41, 5.74) is -0.173. The van der Waals surface area contributed by atoms with Crippen LogP contribution in [0.15, 0.2) is 30.3 Å². The molecule has 0 amide bonds. The molecule has 27 heavy (non-hydrogen) atoms. The van der Waals surface area contributed by atoms with Crippen molar-refractivity contribution in [3.8, 4) is 17.3 Å². The molecule has 0 radical (unpaired) electrons. The number of hydrogen-bond acceptors (Lipinski definition) is 5. The second-order valence-corrected chi connectivity index (χ2v) is 6.48. The molecule has 1 aliphatic heterocycles. The fourth-order valence-corrected chi connectivity index (χ4v) is 3.12. The Morgan fingerprint density at radius 1 is 1.11 bits per heavy atom. The molecular weight excluding hydrogens is 355 g/mol. The smallest absolute Gasteiger partial charge is 0.369 e. The van der Waals surface area contributed by atoms with E-state index in [1.807, 2.05) is 6.07 Å². The third-order valence-electron chi connectivity index (χ3n) is 4.49. The van der Waals surface area contributed by atoms with Crippen molar-refractivity contribution >= 4 is 5.82 Å². The number of rotatable bonds is 5. The number of nitriles is 1. The number of anilines is 1. The lowest BCUT2D eigenvalue weighted by atomic mass is 10.1. The zero-order valence-corrected chi connectivity index (χ0v) is 14.8. The number of likely N-dealkylation sites (tertiary alicyclic amines) is 1. The van der Waals surface area contributed by atoms with Crippen molar-refractivity contribution < 1.29 is 13.2 Å². The highest BCUT2D eigenvalue weighted by Gasteiger charge is 2.30. The van der Waals surface area contributed by atoms with Crippen LogP contribution in [0.4, 0.5) is 19.0 Å². The minimum Gasteiger partial charge on any atom is -0.369 e. The lowest BCUT2D eigenvalue weighted by Gasteiger charge is -2.26. The van der Waals surface area contributed by atoms with Gasteiger partial charge in [-0.1, -0.05) is 18.6 Å². The fourth-order valence-electron chi connectivity index (χ4n) is 3.12. The molecular formula is C19H20F3N5. The topological polar surface area (TPSA) is 64.8 Å². The van der Waals surface area contributed by atoms with Gasteiger partial charge in [-0.2, -0.15) is 18.4 Å². The van der Waals surface area contributed by atoms with Gasteiger partial charge in [0, 0.05) is 24.7 Å². The van der Waals surface area contributed by atoms with Crippen LogP contribution < -0.4 is 5.32 Å². The van der Waals surface area contributed by atoms with E-state index >= 15 is 0 Å². The Hall–Kier alpha value is -2.66. The predicted molar refractivity (Wildman–Crippen MR) is 96.0 cm³/mol. The number of piperidine rings is 1. The molecule has 0 bridgehead atoms. The molecule has 1 aromatic carbocycles. The first-order valence-electron chi connectivity index (χ1n) is 8.89. The molecule has 1 aromatic heterocycles. The largest absolute Gasteiger partial charge is 0.416 e. The monoisotopic (exact) mass is 375 g/mol. The minimum absolute atomic E-state index is 0.0783. The summed E-state index contributed by atoms with van der Waals surface area (Å²) in [7, 11) is 0. The molecule has 1 fully saturated rings. The Bertz CT molecular complexity index is 823. The third-order valence-corrected chi connectivity index (χ3v) is 4.49. The fraction of sp³-hybridized carbons (Fsp3) is 0.421.